The van der Waals surface area contributed by atoms with Crippen LogP contribution in [0.15, 0.2) is 59.1 Å². The third-order valence-electron chi connectivity index (χ3n) is 4.79. The highest BCUT2D eigenvalue weighted by molar-refractivity contribution is 9.10. The van der Waals surface area contributed by atoms with E-state index >= 15 is 0 Å². The summed E-state index contributed by atoms with van der Waals surface area (Å²) in [7, 11) is 0. The summed E-state index contributed by atoms with van der Waals surface area (Å²) in [5.41, 5.74) is 3.69. The van der Waals surface area contributed by atoms with Crippen LogP contribution in [0.25, 0.3) is 0 Å². The largest absolute Gasteiger partial charge is 0.378 e. The number of rotatable bonds is 2. The molecule has 23 heavy (non-hydrogen) atoms. The van der Waals surface area contributed by atoms with E-state index < -0.39 is 0 Å². The Morgan fingerprint density at radius 2 is 1.96 bits per heavy atom. The first-order valence-corrected chi connectivity index (χ1v) is 8.40. The molecule has 0 fully saturated rings. The molecule has 0 amide bonds. The van der Waals surface area contributed by atoms with Gasteiger partial charge in [0.05, 0.1) is 11.0 Å². The standard InChI is InChI=1S/C18H15BrN2O2/c19-12-6-9-15-14-2-1-3-16(14)18(20-17(15)10-12)11-4-7-13(8-5-11)21(22)23/h1-2,4-10,14,16,18,20H,3H2/t14-,16+,18+/m0/s1. The Kier molecular flexibility index (Phi) is 3.45. The van der Waals surface area contributed by atoms with Gasteiger partial charge in [-0.1, -0.05) is 46.3 Å². The first-order valence-electron chi connectivity index (χ1n) is 7.60. The van der Waals surface area contributed by atoms with Crippen molar-refractivity contribution >= 4 is 27.3 Å². The zero-order valence-corrected chi connectivity index (χ0v) is 13.9. The molecule has 1 aliphatic heterocycles. The average molecular weight is 371 g/mol. The van der Waals surface area contributed by atoms with Crippen LogP contribution >= 0.6 is 15.9 Å². The van der Waals surface area contributed by atoms with E-state index in [-0.39, 0.29) is 16.7 Å². The molecular weight excluding hydrogens is 356 g/mol. The minimum absolute atomic E-state index is 0.133. The lowest BCUT2D eigenvalue weighted by molar-refractivity contribution is -0.384. The topological polar surface area (TPSA) is 55.2 Å². The summed E-state index contributed by atoms with van der Waals surface area (Å²) in [5, 5.41) is 14.5. The Hall–Kier alpha value is -2.14. The molecule has 0 aromatic heterocycles. The fourth-order valence-corrected chi connectivity index (χ4v) is 4.06. The predicted molar refractivity (Wildman–Crippen MR) is 93.6 cm³/mol. The minimum Gasteiger partial charge on any atom is -0.378 e. The van der Waals surface area contributed by atoms with Crippen molar-refractivity contribution in [3.63, 3.8) is 0 Å². The van der Waals surface area contributed by atoms with E-state index in [9.17, 15) is 10.1 Å². The van der Waals surface area contributed by atoms with Crippen LogP contribution in [0.4, 0.5) is 11.4 Å². The van der Waals surface area contributed by atoms with Crippen LogP contribution < -0.4 is 5.32 Å². The highest BCUT2D eigenvalue weighted by Gasteiger charge is 2.37. The number of anilines is 1. The van der Waals surface area contributed by atoms with Gasteiger partial charge < -0.3 is 5.32 Å². The normalized spacial score (nSPS) is 24.7. The third kappa shape index (κ3) is 2.45. The van der Waals surface area contributed by atoms with Crippen molar-refractivity contribution in [2.75, 3.05) is 5.32 Å². The molecule has 0 bridgehead atoms. The van der Waals surface area contributed by atoms with Crippen molar-refractivity contribution in [2.24, 2.45) is 5.92 Å². The molecule has 3 atom stereocenters. The fraction of sp³-hybridized carbons (Fsp3) is 0.222. The van der Waals surface area contributed by atoms with Crippen LogP contribution in [0.5, 0.6) is 0 Å². The van der Waals surface area contributed by atoms with Crippen LogP contribution in [-0.4, -0.2) is 4.92 Å². The molecule has 2 aromatic carbocycles. The maximum Gasteiger partial charge on any atom is 0.269 e. The highest BCUT2D eigenvalue weighted by Crippen LogP contribution is 2.50. The molecular formula is C18H15BrN2O2. The molecule has 0 unspecified atom stereocenters. The van der Waals surface area contributed by atoms with Crippen molar-refractivity contribution in [1.29, 1.82) is 0 Å². The summed E-state index contributed by atoms with van der Waals surface area (Å²) in [5.74, 6) is 0.852. The molecule has 0 saturated heterocycles. The molecule has 5 heteroatoms. The van der Waals surface area contributed by atoms with Gasteiger partial charge in [0.1, 0.15) is 0 Å². The highest BCUT2D eigenvalue weighted by atomic mass is 79.9. The first kappa shape index (κ1) is 14.5. The van der Waals surface area contributed by atoms with E-state index in [1.165, 1.54) is 5.56 Å². The van der Waals surface area contributed by atoms with E-state index in [4.69, 9.17) is 0 Å². The third-order valence-corrected chi connectivity index (χ3v) is 5.28. The molecule has 0 saturated carbocycles. The SMILES string of the molecule is O=[N+]([O-])c1ccc([C@H]2Nc3cc(Br)ccc3[C@@H]3C=CC[C@@H]23)cc1. The van der Waals surface area contributed by atoms with Crippen molar-refractivity contribution in [3.05, 3.63) is 80.3 Å². The van der Waals surface area contributed by atoms with Crippen LogP contribution in [0.1, 0.15) is 29.5 Å². The quantitative estimate of drug-likeness (QED) is 0.449. The Labute approximate surface area is 142 Å². The number of nitrogens with zero attached hydrogens (tertiary/aromatic N) is 1. The molecule has 0 spiro atoms. The van der Waals surface area contributed by atoms with E-state index in [0.717, 1.165) is 22.1 Å². The van der Waals surface area contributed by atoms with Gasteiger partial charge in [0, 0.05) is 28.2 Å². The second kappa shape index (κ2) is 5.49. The van der Waals surface area contributed by atoms with Gasteiger partial charge in [-0.15, -0.1) is 0 Å². The fourth-order valence-electron chi connectivity index (χ4n) is 3.70. The number of benzene rings is 2. The molecule has 1 aliphatic carbocycles. The van der Waals surface area contributed by atoms with Crippen molar-refractivity contribution in [1.82, 2.24) is 0 Å². The van der Waals surface area contributed by atoms with Gasteiger partial charge in [-0.25, -0.2) is 0 Å². The van der Waals surface area contributed by atoms with Crippen molar-refractivity contribution < 1.29 is 4.92 Å². The molecule has 4 rings (SSSR count). The summed E-state index contributed by atoms with van der Waals surface area (Å²) in [6.45, 7) is 0. The number of allylic oxidation sites excluding steroid dienone is 2. The number of nitro benzene ring substituents is 1. The molecule has 2 aromatic rings. The summed E-state index contributed by atoms with van der Waals surface area (Å²) in [6.07, 6.45) is 5.55. The average Bonchev–Trinajstić information content (AvgIpc) is 3.03. The number of hydrogen-bond donors (Lipinski definition) is 1. The lowest BCUT2D eigenvalue weighted by Crippen LogP contribution is -2.29. The second-order valence-corrected chi connectivity index (χ2v) is 6.97. The van der Waals surface area contributed by atoms with Crippen molar-refractivity contribution in [3.8, 4) is 0 Å². The van der Waals surface area contributed by atoms with E-state index in [0.29, 0.717) is 11.8 Å². The minimum atomic E-state index is -0.357. The maximum absolute atomic E-state index is 10.8. The molecule has 0 radical (unpaired) electrons. The Bertz CT molecular complexity index is 801. The van der Waals surface area contributed by atoms with Crippen molar-refractivity contribution in [2.45, 2.75) is 18.4 Å². The van der Waals surface area contributed by atoms with Gasteiger partial charge in [-0.2, -0.15) is 0 Å². The van der Waals surface area contributed by atoms with Gasteiger partial charge in [0.2, 0.25) is 0 Å². The lowest BCUT2D eigenvalue weighted by Gasteiger charge is -2.37. The maximum atomic E-state index is 10.8. The molecule has 1 N–H and O–H groups in total. The van der Waals surface area contributed by atoms with Gasteiger partial charge in [0.25, 0.3) is 5.69 Å². The number of nitro groups is 1. The number of nitrogens with one attached hydrogen (secondary N) is 1. The monoisotopic (exact) mass is 370 g/mol. The number of hydrogen-bond acceptors (Lipinski definition) is 3. The van der Waals surface area contributed by atoms with E-state index in [1.807, 2.05) is 12.1 Å². The molecule has 4 nitrogen and oxygen atoms in total. The number of halogens is 1. The predicted octanol–water partition coefficient (Wildman–Crippen LogP) is 5.18. The summed E-state index contributed by atoms with van der Waals surface area (Å²) in [6, 6.07) is 13.4. The van der Waals surface area contributed by atoms with Gasteiger partial charge in [0.15, 0.2) is 0 Å². The Morgan fingerprint density at radius 1 is 1.17 bits per heavy atom. The smallest absolute Gasteiger partial charge is 0.269 e. The molecule has 1 heterocycles. The zero-order valence-electron chi connectivity index (χ0n) is 12.3. The Balaban J connectivity index is 1.73. The van der Waals surface area contributed by atoms with Crippen LogP contribution in [0.3, 0.4) is 0 Å². The van der Waals surface area contributed by atoms with E-state index in [2.05, 4.69) is 51.6 Å². The summed E-state index contributed by atoms with van der Waals surface area (Å²) < 4.78 is 1.05. The van der Waals surface area contributed by atoms with E-state index in [1.54, 1.807) is 12.1 Å². The number of fused-ring (bicyclic) bond motifs is 3. The second-order valence-electron chi connectivity index (χ2n) is 6.06. The molecule has 2 aliphatic rings. The van der Waals surface area contributed by atoms with Gasteiger partial charge in [-0.3, -0.25) is 10.1 Å². The summed E-state index contributed by atoms with van der Waals surface area (Å²) in [4.78, 5) is 10.5. The molecule has 116 valence electrons. The lowest BCUT2D eigenvalue weighted by atomic mass is 9.77. The number of non-ortho nitro benzene ring substituents is 1. The zero-order chi connectivity index (χ0) is 16.0. The summed E-state index contributed by atoms with van der Waals surface area (Å²) >= 11 is 3.53. The Morgan fingerprint density at radius 3 is 2.70 bits per heavy atom. The van der Waals surface area contributed by atoms with Crippen LogP contribution in [-0.2, 0) is 0 Å². The first-order chi connectivity index (χ1) is 11.1. The van der Waals surface area contributed by atoms with Crippen LogP contribution in [0, 0.1) is 16.0 Å². The van der Waals surface area contributed by atoms with Gasteiger partial charge in [-0.05, 0) is 35.6 Å². The van der Waals surface area contributed by atoms with Crippen LogP contribution in [0.2, 0.25) is 0 Å². The van der Waals surface area contributed by atoms with Gasteiger partial charge >= 0.3 is 0 Å².